The van der Waals surface area contributed by atoms with Crippen LogP contribution in [0.5, 0.6) is 5.75 Å². The van der Waals surface area contributed by atoms with E-state index in [-0.39, 0.29) is 10.5 Å². The van der Waals surface area contributed by atoms with Crippen molar-refractivity contribution in [3.05, 3.63) is 40.3 Å². The zero-order valence-corrected chi connectivity index (χ0v) is 20.0. The first-order chi connectivity index (χ1) is 15.4. The van der Waals surface area contributed by atoms with E-state index in [4.69, 9.17) is 9.72 Å². The Morgan fingerprint density at radius 1 is 1.12 bits per heavy atom. The number of ether oxygens (including phenoxy) is 1. The molecule has 0 bridgehead atoms. The number of hydrogen-bond donors (Lipinski definition) is 2. The summed E-state index contributed by atoms with van der Waals surface area (Å²) in [4.78, 5) is 20.8. The van der Waals surface area contributed by atoms with Crippen molar-refractivity contribution in [2.75, 3.05) is 13.2 Å². The summed E-state index contributed by atoms with van der Waals surface area (Å²) < 4.78 is 35.8. The molecule has 2 aromatic heterocycles. The lowest BCUT2D eigenvalue weighted by molar-refractivity contribution is 0.318. The SMILES string of the molecule is CCCNS(=O)(=O)c1ccc(OCCC)c(-c2nc3c(CCC)cn(CC)c3c(=O)[nH]2)c1. The Bertz CT molecular complexity index is 1240. The van der Waals surface area contributed by atoms with Crippen molar-refractivity contribution in [3.63, 3.8) is 0 Å². The first-order valence-corrected chi connectivity index (χ1v) is 12.7. The van der Waals surface area contributed by atoms with E-state index in [1.54, 1.807) is 6.07 Å². The Hall–Kier alpha value is -2.65. The second kappa shape index (κ2) is 10.3. The summed E-state index contributed by atoms with van der Waals surface area (Å²) in [6, 6.07) is 4.66. The van der Waals surface area contributed by atoms with Gasteiger partial charge < -0.3 is 14.3 Å². The Morgan fingerprint density at radius 2 is 1.91 bits per heavy atom. The molecule has 8 nitrogen and oxygen atoms in total. The van der Waals surface area contributed by atoms with Crippen LogP contribution in [-0.4, -0.2) is 36.1 Å². The van der Waals surface area contributed by atoms with E-state index in [1.807, 2.05) is 31.5 Å². The molecule has 2 heterocycles. The summed E-state index contributed by atoms with van der Waals surface area (Å²) in [5, 5.41) is 0. The number of aromatic amines is 1. The van der Waals surface area contributed by atoms with Crippen LogP contribution < -0.4 is 15.0 Å². The van der Waals surface area contributed by atoms with Gasteiger partial charge in [0, 0.05) is 19.3 Å². The van der Waals surface area contributed by atoms with Gasteiger partial charge in [-0.05, 0) is 49.9 Å². The first-order valence-electron chi connectivity index (χ1n) is 11.2. The van der Waals surface area contributed by atoms with Crippen LogP contribution in [0.4, 0.5) is 0 Å². The Balaban J connectivity index is 2.22. The highest BCUT2D eigenvalue weighted by atomic mass is 32.2. The van der Waals surface area contributed by atoms with Gasteiger partial charge in [-0.1, -0.05) is 27.2 Å². The third-order valence-corrected chi connectivity index (χ3v) is 6.64. The molecule has 0 spiro atoms. The molecule has 9 heteroatoms. The van der Waals surface area contributed by atoms with Gasteiger partial charge in [-0.15, -0.1) is 0 Å². The number of H-pyrrole nitrogens is 1. The molecule has 0 aliphatic carbocycles. The smallest absolute Gasteiger partial charge is 0.275 e. The van der Waals surface area contributed by atoms with Crippen molar-refractivity contribution < 1.29 is 13.2 Å². The lowest BCUT2D eigenvalue weighted by atomic mass is 10.1. The molecule has 3 rings (SSSR count). The van der Waals surface area contributed by atoms with Crippen LogP contribution in [0, 0.1) is 0 Å². The predicted molar refractivity (Wildman–Crippen MR) is 127 cm³/mol. The molecule has 0 fully saturated rings. The van der Waals surface area contributed by atoms with Gasteiger partial charge in [0.15, 0.2) is 0 Å². The minimum Gasteiger partial charge on any atom is -0.493 e. The number of hydrogen-bond acceptors (Lipinski definition) is 5. The van der Waals surface area contributed by atoms with Gasteiger partial charge >= 0.3 is 0 Å². The van der Waals surface area contributed by atoms with Gasteiger partial charge in [0.1, 0.15) is 17.1 Å². The normalized spacial score (nSPS) is 11.9. The second-order valence-electron chi connectivity index (χ2n) is 7.71. The minimum atomic E-state index is -3.69. The number of aryl methyl sites for hydroxylation is 2. The van der Waals surface area contributed by atoms with Crippen molar-refractivity contribution in [3.8, 4) is 17.1 Å². The van der Waals surface area contributed by atoms with Gasteiger partial charge in [-0.25, -0.2) is 18.1 Å². The highest BCUT2D eigenvalue weighted by molar-refractivity contribution is 7.89. The van der Waals surface area contributed by atoms with Crippen LogP contribution in [-0.2, 0) is 23.0 Å². The number of benzene rings is 1. The first kappa shape index (κ1) is 24.0. The van der Waals surface area contributed by atoms with Gasteiger partial charge in [-0.3, -0.25) is 4.79 Å². The molecular formula is C23H32N4O4S. The van der Waals surface area contributed by atoms with Crippen LogP contribution in [0.2, 0.25) is 0 Å². The van der Waals surface area contributed by atoms with E-state index in [9.17, 15) is 13.2 Å². The summed E-state index contributed by atoms with van der Waals surface area (Å²) in [7, 11) is -3.69. The molecule has 0 aliphatic rings. The molecule has 3 aromatic rings. The Morgan fingerprint density at radius 3 is 2.56 bits per heavy atom. The molecule has 0 saturated heterocycles. The monoisotopic (exact) mass is 460 g/mol. The van der Waals surface area contributed by atoms with Gasteiger partial charge in [0.05, 0.1) is 22.6 Å². The molecule has 174 valence electrons. The summed E-state index contributed by atoms with van der Waals surface area (Å²) in [5.74, 6) is 0.781. The summed E-state index contributed by atoms with van der Waals surface area (Å²) >= 11 is 0. The predicted octanol–water partition coefficient (Wildman–Crippen LogP) is 3.84. The minimum absolute atomic E-state index is 0.104. The zero-order valence-electron chi connectivity index (χ0n) is 19.2. The van der Waals surface area contributed by atoms with E-state index in [0.717, 1.165) is 24.8 Å². The van der Waals surface area contributed by atoms with Crippen LogP contribution in [0.3, 0.4) is 0 Å². The molecule has 2 N–H and O–H groups in total. The quantitative estimate of drug-likeness (QED) is 0.452. The number of fused-ring (bicyclic) bond motifs is 1. The Labute approximate surface area is 189 Å². The van der Waals surface area contributed by atoms with Crippen LogP contribution in [0.25, 0.3) is 22.4 Å². The maximum Gasteiger partial charge on any atom is 0.275 e. The molecule has 0 unspecified atom stereocenters. The van der Waals surface area contributed by atoms with E-state index in [0.29, 0.717) is 54.3 Å². The fraction of sp³-hybridized carbons (Fsp3) is 0.478. The molecular weight excluding hydrogens is 428 g/mol. The topological polar surface area (TPSA) is 106 Å². The Kier molecular flexibility index (Phi) is 7.73. The van der Waals surface area contributed by atoms with Crippen molar-refractivity contribution in [2.45, 2.75) is 64.8 Å². The standard InChI is InChI=1S/C23H32N4O4S/c1-5-9-16-15-27(8-4)21-20(16)25-22(26-23(21)28)18-14-17(32(29,30)24-12-6-2)10-11-19(18)31-13-7-3/h10-11,14-15,24H,5-9,12-13H2,1-4H3,(H,25,26,28). The van der Waals surface area contributed by atoms with E-state index < -0.39 is 10.0 Å². The fourth-order valence-corrected chi connectivity index (χ4v) is 4.78. The summed E-state index contributed by atoms with van der Waals surface area (Å²) in [5.41, 5.74) is 2.37. The van der Waals surface area contributed by atoms with Crippen LogP contribution in [0.1, 0.15) is 52.5 Å². The van der Waals surface area contributed by atoms with Crippen LogP contribution >= 0.6 is 0 Å². The molecule has 0 radical (unpaired) electrons. The van der Waals surface area contributed by atoms with Crippen molar-refractivity contribution in [1.29, 1.82) is 0 Å². The molecule has 0 aliphatic heterocycles. The number of nitrogens with zero attached hydrogens (tertiary/aromatic N) is 2. The van der Waals surface area contributed by atoms with Gasteiger partial charge in [0.25, 0.3) is 5.56 Å². The maximum absolute atomic E-state index is 13.0. The largest absolute Gasteiger partial charge is 0.493 e. The zero-order chi connectivity index (χ0) is 23.3. The molecule has 0 atom stereocenters. The van der Waals surface area contributed by atoms with E-state index >= 15 is 0 Å². The van der Waals surface area contributed by atoms with E-state index in [2.05, 4.69) is 16.6 Å². The molecule has 0 saturated carbocycles. The fourth-order valence-electron chi connectivity index (χ4n) is 3.62. The van der Waals surface area contributed by atoms with Crippen LogP contribution in [0.15, 0.2) is 34.1 Å². The lowest BCUT2D eigenvalue weighted by Gasteiger charge is -2.13. The molecule has 0 amide bonds. The second-order valence-corrected chi connectivity index (χ2v) is 9.47. The molecule has 32 heavy (non-hydrogen) atoms. The number of nitrogens with one attached hydrogen (secondary N) is 2. The maximum atomic E-state index is 13.0. The third kappa shape index (κ3) is 4.88. The lowest BCUT2D eigenvalue weighted by Crippen LogP contribution is -2.24. The molecule has 1 aromatic carbocycles. The highest BCUT2D eigenvalue weighted by Crippen LogP contribution is 2.31. The highest BCUT2D eigenvalue weighted by Gasteiger charge is 2.20. The summed E-state index contributed by atoms with van der Waals surface area (Å²) in [6.45, 7) is 9.42. The number of rotatable bonds is 11. The van der Waals surface area contributed by atoms with E-state index in [1.165, 1.54) is 12.1 Å². The van der Waals surface area contributed by atoms with Gasteiger partial charge in [0.2, 0.25) is 10.0 Å². The van der Waals surface area contributed by atoms with Crippen molar-refractivity contribution in [2.24, 2.45) is 0 Å². The average molecular weight is 461 g/mol. The average Bonchev–Trinajstić information content (AvgIpc) is 3.14. The van der Waals surface area contributed by atoms with Crippen molar-refractivity contribution in [1.82, 2.24) is 19.3 Å². The third-order valence-electron chi connectivity index (χ3n) is 5.18. The number of sulfonamides is 1. The number of aromatic nitrogens is 3. The summed E-state index contributed by atoms with van der Waals surface area (Å²) in [6.07, 6.45) is 5.18. The van der Waals surface area contributed by atoms with Crippen molar-refractivity contribution >= 4 is 21.1 Å². The van der Waals surface area contributed by atoms with Gasteiger partial charge in [-0.2, -0.15) is 0 Å².